The molecule has 326 valence electrons. The molecule has 0 fully saturated rings. The van der Waals surface area contributed by atoms with E-state index < -0.39 is 6.10 Å². The van der Waals surface area contributed by atoms with Gasteiger partial charge in [-0.2, -0.15) is 0 Å². The molecule has 1 atom stereocenters. The molecule has 0 aromatic heterocycles. The highest BCUT2D eigenvalue weighted by molar-refractivity contribution is 5.71. The molecule has 55 heavy (non-hydrogen) atoms. The highest BCUT2D eigenvalue weighted by Gasteiger charge is 2.19. The predicted molar refractivity (Wildman–Crippen MR) is 233 cm³/mol. The molecule has 0 amide bonds. The van der Waals surface area contributed by atoms with E-state index in [-0.39, 0.29) is 31.1 Å². The van der Waals surface area contributed by atoms with Gasteiger partial charge in [-0.15, -0.1) is 0 Å². The summed E-state index contributed by atoms with van der Waals surface area (Å²) < 4.78 is 16.8. The third-order valence-corrected chi connectivity index (χ3v) is 11.0. The topological polar surface area (TPSA) is 78.9 Å². The highest BCUT2D eigenvalue weighted by Crippen LogP contribution is 2.16. The van der Waals surface area contributed by atoms with E-state index in [1.54, 1.807) is 0 Å². The Morgan fingerprint density at radius 2 is 0.600 bits per heavy atom. The van der Waals surface area contributed by atoms with Gasteiger partial charge in [0.1, 0.15) is 13.2 Å². The Balaban J connectivity index is 4.31. The average molecular weight is 779 g/mol. The van der Waals surface area contributed by atoms with Crippen LogP contribution in [0.15, 0.2) is 0 Å². The molecule has 0 aromatic rings. The molecule has 0 aliphatic heterocycles. The Morgan fingerprint density at radius 1 is 0.345 bits per heavy atom. The molecule has 0 saturated carbocycles. The van der Waals surface area contributed by atoms with E-state index >= 15 is 0 Å². The fraction of sp³-hybridized carbons (Fsp3) is 0.939. The van der Waals surface area contributed by atoms with Gasteiger partial charge in [0.25, 0.3) is 0 Å². The maximum absolute atomic E-state index is 12.7. The van der Waals surface area contributed by atoms with Crippen LogP contribution in [0.4, 0.5) is 0 Å². The van der Waals surface area contributed by atoms with Crippen molar-refractivity contribution in [3.05, 3.63) is 0 Å². The molecular weight excluding hydrogens is 685 g/mol. The summed E-state index contributed by atoms with van der Waals surface area (Å²) in [5.74, 6) is -0.0415. The van der Waals surface area contributed by atoms with Gasteiger partial charge >= 0.3 is 17.9 Å². The molecule has 0 aromatic carbocycles. The number of hydrogen-bond acceptors (Lipinski definition) is 6. The van der Waals surface area contributed by atoms with Crippen LogP contribution >= 0.6 is 0 Å². The lowest BCUT2D eigenvalue weighted by Crippen LogP contribution is -2.30. The number of hydrogen-bond donors (Lipinski definition) is 0. The first-order valence-corrected chi connectivity index (χ1v) is 24.4. The van der Waals surface area contributed by atoms with Gasteiger partial charge in [-0.1, -0.05) is 233 Å². The molecule has 0 saturated heterocycles. The van der Waals surface area contributed by atoms with Gasteiger partial charge in [-0.3, -0.25) is 14.4 Å². The van der Waals surface area contributed by atoms with Gasteiger partial charge in [-0.25, -0.2) is 0 Å². The minimum Gasteiger partial charge on any atom is -0.462 e. The first-order chi connectivity index (χ1) is 26.9. The van der Waals surface area contributed by atoms with Gasteiger partial charge in [-0.05, 0) is 25.2 Å². The second-order valence-corrected chi connectivity index (χ2v) is 17.2. The van der Waals surface area contributed by atoms with Crippen molar-refractivity contribution in [1.29, 1.82) is 0 Å². The summed E-state index contributed by atoms with van der Waals surface area (Å²) in [6, 6.07) is 0. The van der Waals surface area contributed by atoms with Gasteiger partial charge in [0.05, 0.1) is 0 Å². The minimum atomic E-state index is -0.759. The molecule has 0 N–H and O–H groups in total. The zero-order valence-electron chi connectivity index (χ0n) is 37.4. The smallest absolute Gasteiger partial charge is 0.306 e. The Kier molecular flexibility index (Phi) is 42.3. The summed E-state index contributed by atoms with van der Waals surface area (Å²) >= 11 is 0. The van der Waals surface area contributed by atoms with Gasteiger partial charge < -0.3 is 14.2 Å². The fourth-order valence-electron chi connectivity index (χ4n) is 7.33. The predicted octanol–water partition coefficient (Wildman–Crippen LogP) is 15.5. The van der Waals surface area contributed by atoms with E-state index in [0.717, 1.165) is 63.7 Å². The summed E-state index contributed by atoms with van der Waals surface area (Å²) in [6.07, 6.45) is 43.7. The Labute approximate surface area is 342 Å². The second-order valence-electron chi connectivity index (χ2n) is 17.2. The van der Waals surface area contributed by atoms with Crippen LogP contribution in [0.25, 0.3) is 0 Å². The van der Waals surface area contributed by atoms with Crippen LogP contribution in [0.2, 0.25) is 0 Å². The Bertz CT molecular complexity index is 826. The van der Waals surface area contributed by atoms with Crippen molar-refractivity contribution in [3.8, 4) is 0 Å². The molecular formula is C49H94O6. The maximum atomic E-state index is 12.7. The third-order valence-electron chi connectivity index (χ3n) is 11.0. The van der Waals surface area contributed by atoms with E-state index in [9.17, 15) is 14.4 Å². The molecule has 0 heterocycles. The Hall–Kier alpha value is -1.59. The summed E-state index contributed by atoms with van der Waals surface area (Å²) in [5, 5.41) is 0. The van der Waals surface area contributed by atoms with Crippen LogP contribution in [0.3, 0.4) is 0 Å². The minimum absolute atomic E-state index is 0.0633. The molecule has 6 nitrogen and oxygen atoms in total. The largest absolute Gasteiger partial charge is 0.462 e. The summed E-state index contributed by atoms with van der Waals surface area (Å²) in [4.78, 5) is 37.8. The average Bonchev–Trinajstić information content (AvgIpc) is 3.17. The van der Waals surface area contributed by atoms with Crippen molar-refractivity contribution in [2.24, 2.45) is 5.92 Å². The monoisotopic (exact) mass is 779 g/mol. The number of ether oxygens (including phenoxy) is 3. The molecule has 0 aliphatic rings. The number of carbonyl (C=O) groups excluding carboxylic acids is 3. The standard InChI is InChI=1S/C49H94O6/c1-5-7-9-11-13-15-17-18-19-21-24-28-32-36-40-47(50)53-43-46(55-49(52)42-38-34-30-25-20-16-14-12-10-8-6-2)44-54-48(51)41-37-33-29-26-22-23-27-31-35-39-45(3)4/h45-46H,5-44H2,1-4H3/t46-/m0/s1. The molecule has 0 bridgehead atoms. The van der Waals surface area contributed by atoms with Gasteiger partial charge in [0.2, 0.25) is 0 Å². The molecule has 0 radical (unpaired) electrons. The number of esters is 3. The van der Waals surface area contributed by atoms with Crippen molar-refractivity contribution in [2.75, 3.05) is 13.2 Å². The lowest BCUT2D eigenvalue weighted by Gasteiger charge is -2.18. The molecule has 6 heteroatoms. The van der Waals surface area contributed by atoms with E-state index in [4.69, 9.17) is 14.2 Å². The molecule has 0 spiro atoms. The van der Waals surface area contributed by atoms with Crippen LogP contribution in [-0.2, 0) is 28.6 Å². The van der Waals surface area contributed by atoms with Crippen molar-refractivity contribution in [3.63, 3.8) is 0 Å². The second kappa shape index (κ2) is 43.5. The third kappa shape index (κ3) is 43.4. The summed E-state index contributed by atoms with van der Waals surface area (Å²) in [5.41, 5.74) is 0. The fourth-order valence-corrected chi connectivity index (χ4v) is 7.33. The first kappa shape index (κ1) is 53.4. The SMILES string of the molecule is CCCCCCCCCCCCCCCCC(=O)OC[C@@H](COC(=O)CCCCCCCCCCCC(C)C)OC(=O)CCCCCCCCCCCCC. The summed E-state index contributed by atoms with van der Waals surface area (Å²) in [7, 11) is 0. The lowest BCUT2D eigenvalue weighted by atomic mass is 10.0. The lowest BCUT2D eigenvalue weighted by molar-refractivity contribution is -0.167. The highest BCUT2D eigenvalue weighted by atomic mass is 16.6. The zero-order valence-corrected chi connectivity index (χ0v) is 37.4. The van der Waals surface area contributed by atoms with Gasteiger partial charge in [0, 0.05) is 19.3 Å². The quantitative estimate of drug-likeness (QED) is 0.0348. The number of carbonyl (C=O) groups is 3. The first-order valence-electron chi connectivity index (χ1n) is 24.4. The van der Waals surface area contributed by atoms with E-state index in [2.05, 4.69) is 27.7 Å². The molecule has 0 unspecified atom stereocenters. The maximum Gasteiger partial charge on any atom is 0.306 e. The normalized spacial score (nSPS) is 11.9. The van der Waals surface area contributed by atoms with Crippen molar-refractivity contribution in [2.45, 2.75) is 278 Å². The number of unbranched alkanes of at least 4 members (excludes halogenated alkanes) is 31. The van der Waals surface area contributed by atoms with Crippen LogP contribution in [0.5, 0.6) is 0 Å². The Morgan fingerprint density at radius 3 is 0.891 bits per heavy atom. The zero-order chi connectivity index (χ0) is 40.3. The molecule has 0 rings (SSSR count). The number of rotatable bonds is 44. The van der Waals surface area contributed by atoms with Crippen LogP contribution in [0.1, 0.15) is 272 Å². The van der Waals surface area contributed by atoms with Crippen molar-refractivity contribution < 1.29 is 28.6 Å². The van der Waals surface area contributed by atoms with Gasteiger partial charge in [0.15, 0.2) is 6.10 Å². The van der Waals surface area contributed by atoms with E-state index in [0.29, 0.717) is 19.3 Å². The van der Waals surface area contributed by atoms with Crippen LogP contribution < -0.4 is 0 Å². The van der Waals surface area contributed by atoms with E-state index in [1.807, 2.05) is 0 Å². The van der Waals surface area contributed by atoms with Crippen LogP contribution in [-0.4, -0.2) is 37.2 Å². The molecule has 0 aliphatic carbocycles. The van der Waals surface area contributed by atoms with Crippen molar-refractivity contribution >= 4 is 17.9 Å². The van der Waals surface area contributed by atoms with E-state index in [1.165, 1.54) is 167 Å². The summed E-state index contributed by atoms with van der Waals surface area (Å²) in [6.45, 7) is 8.99. The van der Waals surface area contributed by atoms with Crippen LogP contribution in [0, 0.1) is 5.92 Å². The van der Waals surface area contributed by atoms with Crippen molar-refractivity contribution in [1.82, 2.24) is 0 Å².